The summed E-state index contributed by atoms with van der Waals surface area (Å²) in [5, 5.41) is 13.4. The smallest absolute Gasteiger partial charge is 0.116 e. The lowest BCUT2D eigenvalue weighted by atomic mass is 9.88. The molecule has 24 heavy (non-hydrogen) atoms. The lowest BCUT2D eigenvalue weighted by Gasteiger charge is -2.25. The van der Waals surface area contributed by atoms with Crippen molar-refractivity contribution in [3.8, 4) is 11.3 Å². The van der Waals surface area contributed by atoms with Gasteiger partial charge in [0.15, 0.2) is 0 Å². The van der Waals surface area contributed by atoms with Crippen LogP contribution in [0.3, 0.4) is 0 Å². The quantitative estimate of drug-likeness (QED) is 0.738. The van der Waals surface area contributed by atoms with Gasteiger partial charge in [0, 0.05) is 11.8 Å². The van der Waals surface area contributed by atoms with Crippen molar-refractivity contribution >= 4 is 0 Å². The van der Waals surface area contributed by atoms with Crippen LogP contribution >= 0.6 is 0 Å². The topological polar surface area (TPSA) is 48.5 Å². The van der Waals surface area contributed by atoms with E-state index in [1.807, 2.05) is 10.9 Å². The maximum atomic E-state index is 4.51. The molecule has 5 nitrogen and oxygen atoms in total. The molecule has 5 heteroatoms. The number of benzene rings is 1. The zero-order valence-corrected chi connectivity index (χ0v) is 13.7. The molecule has 0 saturated heterocycles. The van der Waals surface area contributed by atoms with Gasteiger partial charge < -0.3 is 0 Å². The fourth-order valence-corrected chi connectivity index (χ4v) is 3.89. The van der Waals surface area contributed by atoms with Crippen LogP contribution in [0, 0.1) is 0 Å². The Morgan fingerprint density at radius 2 is 1.88 bits per heavy atom. The summed E-state index contributed by atoms with van der Waals surface area (Å²) in [5.41, 5.74) is 4.83. The van der Waals surface area contributed by atoms with Crippen LogP contribution in [0.1, 0.15) is 55.3 Å². The lowest BCUT2D eigenvalue weighted by molar-refractivity contribution is 0.289. The molecule has 1 aromatic carbocycles. The van der Waals surface area contributed by atoms with Gasteiger partial charge in [0.2, 0.25) is 0 Å². The molecule has 0 N–H and O–H groups in total. The highest BCUT2D eigenvalue weighted by molar-refractivity contribution is 5.55. The summed E-state index contributed by atoms with van der Waals surface area (Å²) in [5.74, 6) is 0. The van der Waals surface area contributed by atoms with Gasteiger partial charge in [-0.2, -0.15) is 5.10 Å². The Hall–Kier alpha value is -2.43. The summed E-state index contributed by atoms with van der Waals surface area (Å²) in [7, 11) is 0. The molecule has 1 fully saturated rings. The van der Waals surface area contributed by atoms with Gasteiger partial charge in [0.1, 0.15) is 5.69 Å². The van der Waals surface area contributed by atoms with E-state index in [4.69, 9.17) is 0 Å². The van der Waals surface area contributed by atoms with Gasteiger partial charge in [-0.25, -0.2) is 4.68 Å². The average Bonchev–Trinajstić information content (AvgIpc) is 3.22. The van der Waals surface area contributed by atoms with Crippen LogP contribution in [0.2, 0.25) is 0 Å². The summed E-state index contributed by atoms with van der Waals surface area (Å²) < 4.78 is 4.13. The third-order valence-electron chi connectivity index (χ3n) is 5.51. The molecule has 2 aliphatic rings. The molecule has 2 aliphatic carbocycles. The molecule has 2 heterocycles. The van der Waals surface area contributed by atoms with E-state index >= 15 is 0 Å². The Balaban J connectivity index is 1.44. The van der Waals surface area contributed by atoms with Gasteiger partial charge in [-0.1, -0.05) is 29.5 Å². The van der Waals surface area contributed by atoms with Gasteiger partial charge in [0.25, 0.3) is 0 Å². The molecule has 0 bridgehead atoms. The van der Waals surface area contributed by atoms with Crippen LogP contribution in [0.4, 0.5) is 0 Å². The highest BCUT2D eigenvalue weighted by atomic mass is 15.4. The van der Waals surface area contributed by atoms with Crippen molar-refractivity contribution in [2.24, 2.45) is 0 Å². The molecular weight excluding hydrogens is 298 g/mol. The van der Waals surface area contributed by atoms with E-state index in [1.54, 1.807) is 0 Å². The van der Waals surface area contributed by atoms with Crippen molar-refractivity contribution in [1.82, 2.24) is 24.8 Å². The fourth-order valence-electron chi connectivity index (χ4n) is 3.89. The van der Waals surface area contributed by atoms with Crippen LogP contribution in [-0.4, -0.2) is 24.8 Å². The van der Waals surface area contributed by atoms with E-state index in [0.717, 1.165) is 17.7 Å². The third-order valence-corrected chi connectivity index (χ3v) is 5.51. The van der Waals surface area contributed by atoms with Crippen molar-refractivity contribution in [2.75, 3.05) is 0 Å². The Labute approximate surface area is 141 Å². The molecule has 3 aromatic rings. The van der Waals surface area contributed by atoms with E-state index in [0.29, 0.717) is 12.1 Å². The third kappa shape index (κ3) is 2.27. The number of nitrogens with zero attached hydrogens (tertiary/aromatic N) is 5. The van der Waals surface area contributed by atoms with Crippen LogP contribution < -0.4 is 0 Å². The second-order valence-electron chi connectivity index (χ2n) is 6.98. The monoisotopic (exact) mass is 319 g/mol. The summed E-state index contributed by atoms with van der Waals surface area (Å²) in [4.78, 5) is 0. The standard InChI is InChI=1S/C19H21N5/c1-2-9-17-14(5-1)6-3-10-19(17)24-13-18(21-22-24)15-11-20-23(12-15)16-7-4-8-16/h1-2,5,9,11-13,16,19H,3-4,6-8,10H2. The number of aromatic nitrogens is 5. The second kappa shape index (κ2) is 5.58. The molecule has 0 amide bonds. The first-order valence-corrected chi connectivity index (χ1v) is 8.92. The van der Waals surface area contributed by atoms with Gasteiger partial charge in [-0.15, -0.1) is 5.10 Å². The second-order valence-corrected chi connectivity index (χ2v) is 6.98. The highest BCUT2D eigenvalue weighted by Gasteiger charge is 2.24. The van der Waals surface area contributed by atoms with E-state index in [9.17, 15) is 0 Å². The first kappa shape index (κ1) is 14.0. The molecule has 1 unspecified atom stereocenters. The van der Waals surface area contributed by atoms with Crippen molar-refractivity contribution in [3.63, 3.8) is 0 Å². The highest BCUT2D eigenvalue weighted by Crippen LogP contribution is 2.34. The number of rotatable bonds is 3. The van der Waals surface area contributed by atoms with Crippen LogP contribution in [-0.2, 0) is 6.42 Å². The Morgan fingerprint density at radius 1 is 0.958 bits per heavy atom. The van der Waals surface area contributed by atoms with Crippen molar-refractivity contribution in [2.45, 2.75) is 50.6 Å². The lowest BCUT2D eigenvalue weighted by Crippen LogP contribution is -2.17. The minimum atomic E-state index is 0.304. The fraction of sp³-hybridized carbons (Fsp3) is 0.421. The predicted octanol–water partition coefficient (Wildman–Crippen LogP) is 3.79. The summed E-state index contributed by atoms with van der Waals surface area (Å²) >= 11 is 0. The zero-order valence-electron chi connectivity index (χ0n) is 13.7. The molecule has 2 aromatic heterocycles. The molecule has 0 radical (unpaired) electrons. The first-order valence-electron chi connectivity index (χ1n) is 8.92. The van der Waals surface area contributed by atoms with Crippen LogP contribution in [0.25, 0.3) is 11.3 Å². The van der Waals surface area contributed by atoms with E-state index in [2.05, 4.69) is 56.8 Å². The molecule has 0 aliphatic heterocycles. The molecule has 0 spiro atoms. The molecule has 1 saturated carbocycles. The largest absolute Gasteiger partial charge is 0.269 e. The SMILES string of the molecule is c1ccc2c(c1)CCCC2n1cc(-c2cnn(C3CCC3)c2)nn1. The van der Waals surface area contributed by atoms with E-state index in [-0.39, 0.29) is 0 Å². The van der Waals surface area contributed by atoms with Crippen LogP contribution in [0.5, 0.6) is 0 Å². The first-order chi connectivity index (χ1) is 11.9. The van der Waals surface area contributed by atoms with Crippen LogP contribution in [0.15, 0.2) is 42.9 Å². The number of hydrogen-bond donors (Lipinski definition) is 0. The Bertz CT molecular complexity index is 858. The Kier molecular flexibility index (Phi) is 3.25. The normalized spacial score (nSPS) is 20.6. The van der Waals surface area contributed by atoms with Crippen molar-refractivity contribution < 1.29 is 0 Å². The Morgan fingerprint density at radius 3 is 2.75 bits per heavy atom. The number of aryl methyl sites for hydroxylation is 1. The molecule has 1 atom stereocenters. The van der Waals surface area contributed by atoms with E-state index < -0.39 is 0 Å². The average molecular weight is 319 g/mol. The molecule has 122 valence electrons. The zero-order chi connectivity index (χ0) is 15.9. The van der Waals surface area contributed by atoms with Crippen molar-refractivity contribution in [3.05, 3.63) is 54.0 Å². The minimum Gasteiger partial charge on any atom is -0.269 e. The molecule has 5 rings (SSSR count). The van der Waals surface area contributed by atoms with Crippen molar-refractivity contribution in [1.29, 1.82) is 0 Å². The summed E-state index contributed by atoms with van der Waals surface area (Å²) in [6, 6.07) is 9.61. The summed E-state index contributed by atoms with van der Waals surface area (Å²) in [6.07, 6.45) is 13.4. The minimum absolute atomic E-state index is 0.304. The van der Waals surface area contributed by atoms with Gasteiger partial charge in [0.05, 0.1) is 24.5 Å². The maximum absolute atomic E-state index is 4.51. The van der Waals surface area contributed by atoms with E-state index in [1.165, 1.54) is 43.2 Å². The molecular formula is C19H21N5. The van der Waals surface area contributed by atoms with Gasteiger partial charge >= 0.3 is 0 Å². The number of hydrogen-bond acceptors (Lipinski definition) is 3. The predicted molar refractivity (Wildman–Crippen MR) is 91.7 cm³/mol. The van der Waals surface area contributed by atoms with Gasteiger partial charge in [-0.3, -0.25) is 4.68 Å². The summed E-state index contributed by atoms with van der Waals surface area (Å²) in [6.45, 7) is 0. The number of fused-ring (bicyclic) bond motifs is 1. The van der Waals surface area contributed by atoms with Gasteiger partial charge in [-0.05, 0) is 49.7 Å². The maximum Gasteiger partial charge on any atom is 0.116 e.